The number of methoxy groups -OCH3 is 1. The number of allylic oxidation sites excluding steroid dienone is 3. The largest absolute Gasteiger partial charge is 0.468 e. The van der Waals surface area contributed by atoms with Crippen molar-refractivity contribution in [2.24, 2.45) is 17.1 Å². The third-order valence-electron chi connectivity index (χ3n) is 5.98. The highest BCUT2D eigenvalue weighted by Crippen LogP contribution is 2.56. The van der Waals surface area contributed by atoms with E-state index in [1.807, 2.05) is 30.3 Å². The van der Waals surface area contributed by atoms with Crippen molar-refractivity contribution in [2.45, 2.75) is 38.5 Å². The highest BCUT2D eigenvalue weighted by molar-refractivity contribution is 5.88. The summed E-state index contributed by atoms with van der Waals surface area (Å²) >= 11 is 0. The minimum Gasteiger partial charge on any atom is -0.468 e. The molecule has 3 rings (SSSR count). The van der Waals surface area contributed by atoms with E-state index in [1.165, 1.54) is 7.11 Å². The van der Waals surface area contributed by atoms with E-state index in [0.717, 1.165) is 42.4 Å². The fraction of sp³-hybridized carbons (Fsp3) is 0.409. The second-order valence-electron chi connectivity index (χ2n) is 7.18. The van der Waals surface area contributed by atoms with Gasteiger partial charge in [0.2, 0.25) is 5.41 Å². The predicted octanol–water partition coefficient (Wildman–Crippen LogP) is 3.71. The molecule has 5 nitrogen and oxygen atoms in total. The van der Waals surface area contributed by atoms with Crippen LogP contribution in [0.25, 0.3) is 0 Å². The monoisotopic (exact) mass is 361 g/mol. The van der Waals surface area contributed by atoms with Crippen molar-refractivity contribution >= 4 is 5.97 Å². The Bertz CT molecular complexity index is 902. The van der Waals surface area contributed by atoms with E-state index in [-0.39, 0.29) is 11.3 Å². The molecule has 5 heteroatoms. The maximum Gasteiger partial charge on any atom is 0.333 e. The second kappa shape index (κ2) is 7.29. The third-order valence-corrected chi connectivity index (χ3v) is 5.98. The molecule has 1 aromatic rings. The zero-order valence-corrected chi connectivity index (χ0v) is 15.7. The molecule has 0 fully saturated rings. The first kappa shape index (κ1) is 18.7. The molecule has 1 aromatic carbocycles. The van der Waals surface area contributed by atoms with E-state index in [0.29, 0.717) is 5.92 Å². The zero-order chi connectivity index (χ0) is 19.6. The lowest BCUT2D eigenvalue weighted by molar-refractivity contribution is -0.148. The Morgan fingerprint density at radius 3 is 2.59 bits per heavy atom. The van der Waals surface area contributed by atoms with E-state index in [4.69, 9.17) is 10.5 Å². The number of nitriles is 2. The normalized spacial score (nSPS) is 27.4. The highest BCUT2D eigenvalue weighted by Gasteiger charge is 2.56. The van der Waals surface area contributed by atoms with Gasteiger partial charge in [-0.05, 0) is 36.3 Å². The Hall–Kier alpha value is -3.05. The van der Waals surface area contributed by atoms with Crippen LogP contribution in [0.15, 0.2) is 52.7 Å². The van der Waals surface area contributed by atoms with Crippen LogP contribution in [-0.4, -0.2) is 13.1 Å². The SMILES string of the molecule is CC[C@@H]1CCC2=C(C1)[C@@H](c1ccccc1)[C@@](C#N)(C(=O)OC)C(N)=C2C#N. The molecule has 3 atom stereocenters. The number of benzene rings is 1. The Kier molecular flexibility index (Phi) is 5.06. The van der Waals surface area contributed by atoms with Crippen LogP contribution < -0.4 is 5.73 Å². The van der Waals surface area contributed by atoms with Gasteiger partial charge in [0.05, 0.1) is 24.4 Å². The molecule has 0 unspecified atom stereocenters. The van der Waals surface area contributed by atoms with Crippen LogP contribution in [0.3, 0.4) is 0 Å². The van der Waals surface area contributed by atoms with Gasteiger partial charge in [-0.2, -0.15) is 10.5 Å². The van der Waals surface area contributed by atoms with E-state index in [1.54, 1.807) is 0 Å². The highest BCUT2D eigenvalue weighted by atomic mass is 16.5. The number of esters is 1. The molecule has 27 heavy (non-hydrogen) atoms. The van der Waals surface area contributed by atoms with Gasteiger partial charge in [0.25, 0.3) is 0 Å². The number of ether oxygens (including phenoxy) is 1. The van der Waals surface area contributed by atoms with Gasteiger partial charge >= 0.3 is 5.97 Å². The van der Waals surface area contributed by atoms with Crippen molar-refractivity contribution < 1.29 is 9.53 Å². The second-order valence-corrected chi connectivity index (χ2v) is 7.18. The molecule has 0 aliphatic heterocycles. The Morgan fingerprint density at radius 2 is 2.04 bits per heavy atom. The van der Waals surface area contributed by atoms with Gasteiger partial charge in [0.1, 0.15) is 6.07 Å². The van der Waals surface area contributed by atoms with Gasteiger partial charge in [-0.25, -0.2) is 4.79 Å². The number of hydrogen-bond acceptors (Lipinski definition) is 5. The van der Waals surface area contributed by atoms with E-state index in [2.05, 4.69) is 19.1 Å². The lowest BCUT2D eigenvalue weighted by Gasteiger charge is -2.43. The molecule has 0 spiro atoms. The molecule has 2 N–H and O–H groups in total. The van der Waals surface area contributed by atoms with Gasteiger partial charge < -0.3 is 10.5 Å². The van der Waals surface area contributed by atoms with Gasteiger partial charge in [-0.3, -0.25) is 0 Å². The summed E-state index contributed by atoms with van der Waals surface area (Å²) in [6.07, 6.45) is 3.48. The number of hydrogen-bond donors (Lipinski definition) is 1. The quantitative estimate of drug-likeness (QED) is 0.827. The van der Waals surface area contributed by atoms with Crippen LogP contribution in [0.2, 0.25) is 0 Å². The first-order chi connectivity index (χ1) is 13.0. The average molecular weight is 361 g/mol. The molecule has 0 aromatic heterocycles. The average Bonchev–Trinajstić information content (AvgIpc) is 2.72. The molecule has 0 heterocycles. The summed E-state index contributed by atoms with van der Waals surface area (Å²) < 4.78 is 5.02. The number of carbonyl (C=O) groups excluding carboxylic acids is 1. The minimum absolute atomic E-state index is 0.0156. The first-order valence-corrected chi connectivity index (χ1v) is 9.22. The molecule has 0 amide bonds. The lowest BCUT2D eigenvalue weighted by Crippen LogP contribution is -2.46. The zero-order valence-electron chi connectivity index (χ0n) is 15.7. The minimum atomic E-state index is -1.73. The van der Waals surface area contributed by atoms with Crippen LogP contribution in [0.1, 0.15) is 44.1 Å². The number of carbonyl (C=O) groups is 1. The van der Waals surface area contributed by atoms with Crippen molar-refractivity contribution in [1.29, 1.82) is 10.5 Å². The molecule has 0 saturated carbocycles. The fourth-order valence-corrected chi connectivity index (χ4v) is 4.53. The van der Waals surface area contributed by atoms with Gasteiger partial charge in [-0.15, -0.1) is 0 Å². The summed E-state index contributed by atoms with van der Waals surface area (Å²) in [5.41, 5.74) is 7.65. The van der Waals surface area contributed by atoms with Crippen LogP contribution >= 0.6 is 0 Å². The lowest BCUT2D eigenvalue weighted by atomic mass is 9.58. The Labute approximate surface area is 159 Å². The van der Waals surface area contributed by atoms with E-state index < -0.39 is 17.3 Å². The van der Waals surface area contributed by atoms with Crippen molar-refractivity contribution in [3.63, 3.8) is 0 Å². The van der Waals surface area contributed by atoms with Gasteiger partial charge in [0, 0.05) is 5.92 Å². The summed E-state index contributed by atoms with van der Waals surface area (Å²) in [6.45, 7) is 2.14. The molecule has 0 saturated heterocycles. The van der Waals surface area contributed by atoms with Crippen molar-refractivity contribution in [1.82, 2.24) is 0 Å². The maximum absolute atomic E-state index is 12.9. The van der Waals surface area contributed by atoms with Gasteiger partial charge in [-0.1, -0.05) is 49.2 Å². The number of nitrogens with zero attached hydrogens (tertiary/aromatic N) is 2. The molecule has 2 aliphatic rings. The molecule has 0 radical (unpaired) electrons. The van der Waals surface area contributed by atoms with E-state index >= 15 is 0 Å². The Balaban J connectivity index is 2.35. The number of rotatable bonds is 3. The maximum atomic E-state index is 12.9. The predicted molar refractivity (Wildman–Crippen MR) is 101 cm³/mol. The van der Waals surface area contributed by atoms with Crippen LogP contribution in [0.5, 0.6) is 0 Å². The molecule has 0 bridgehead atoms. The topological polar surface area (TPSA) is 99.9 Å². The van der Waals surface area contributed by atoms with Crippen molar-refractivity contribution in [2.75, 3.05) is 7.11 Å². The standard InChI is InChI=1S/C22H23N3O2/c1-3-14-9-10-16-17(11-14)19(15-7-5-4-6-8-15)22(13-24,21(26)27-2)20(25)18(16)12-23/h4-8,14,19H,3,9-11,25H2,1-2H3/t14-,19-,22-/m1/s1. The molecular weight excluding hydrogens is 338 g/mol. The Morgan fingerprint density at radius 1 is 1.33 bits per heavy atom. The molecule has 138 valence electrons. The summed E-state index contributed by atoms with van der Waals surface area (Å²) in [7, 11) is 1.25. The summed E-state index contributed by atoms with van der Waals surface area (Å²) in [6, 6.07) is 13.8. The first-order valence-electron chi connectivity index (χ1n) is 9.22. The van der Waals surface area contributed by atoms with Crippen molar-refractivity contribution in [3.8, 4) is 12.1 Å². The van der Waals surface area contributed by atoms with Crippen LogP contribution in [0.4, 0.5) is 0 Å². The third kappa shape index (κ3) is 2.71. The van der Waals surface area contributed by atoms with Crippen LogP contribution in [-0.2, 0) is 9.53 Å². The summed E-state index contributed by atoms with van der Waals surface area (Å²) in [4.78, 5) is 12.9. The van der Waals surface area contributed by atoms with Crippen molar-refractivity contribution in [3.05, 3.63) is 58.3 Å². The number of nitrogens with two attached hydrogens (primary N) is 1. The molecule has 2 aliphatic carbocycles. The van der Waals surface area contributed by atoms with Crippen LogP contribution in [0, 0.1) is 34.0 Å². The van der Waals surface area contributed by atoms with E-state index in [9.17, 15) is 15.3 Å². The molecular formula is C22H23N3O2. The van der Waals surface area contributed by atoms with Gasteiger partial charge in [0.15, 0.2) is 0 Å². The smallest absolute Gasteiger partial charge is 0.333 e. The fourth-order valence-electron chi connectivity index (χ4n) is 4.53. The summed E-state index contributed by atoms with van der Waals surface area (Å²) in [5.74, 6) is -0.796. The summed E-state index contributed by atoms with van der Waals surface area (Å²) in [5, 5.41) is 20.0.